The van der Waals surface area contributed by atoms with Crippen molar-refractivity contribution in [2.24, 2.45) is 0 Å². The molecule has 2 atom stereocenters. The van der Waals surface area contributed by atoms with E-state index in [1.165, 1.54) is 11.3 Å². The van der Waals surface area contributed by atoms with Crippen LogP contribution in [0.3, 0.4) is 0 Å². The van der Waals surface area contributed by atoms with Gasteiger partial charge in [0, 0.05) is 24.9 Å². The number of rotatable bonds is 3. The Morgan fingerprint density at radius 2 is 2.11 bits per heavy atom. The Labute approximate surface area is 162 Å². The standard InChI is InChI=1S/C20H24N2O4S/c1-11(2)19-21-12(3)18(27-19)20(24)22-7-6-14(15(23)9-22)13-4-5-16-17(8-13)26-10-25-16/h4-5,8,11,14-15,23H,6-7,9-10H2,1-3H3/t14-,15+/m0/s1. The Morgan fingerprint density at radius 1 is 1.33 bits per heavy atom. The third kappa shape index (κ3) is 3.41. The zero-order valence-corrected chi connectivity index (χ0v) is 16.6. The van der Waals surface area contributed by atoms with E-state index < -0.39 is 6.10 Å². The van der Waals surface area contributed by atoms with Crippen molar-refractivity contribution in [3.05, 3.63) is 39.3 Å². The molecule has 0 aliphatic carbocycles. The predicted octanol–water partition coefficient (Wildman–Crippen LogP) is 3.29. The molecule has 0 saturated carbocycles. The molecule has 4 rings (SSSR count). The van der Waals surface area contributed by atoms with Crippen LogP contribution in [0.1, 0.15) is 58.0 Å². The number of benzene rings is 1. The summed E-state index contributed by atoms with van der Waals surface area (Å²) in [5.41, 5.74) is 1.80. The van der Waals surface area contributed by atoms with Crippen LogP contribution in [0.5, 0.6) is 11.5 Å². The number of aliphatic hydroxyl groups excluding tert-OH is 1. The number of hydrogen-bond donors (Lipinski definition) is 1. The molecule has 0 bridgehead atoms. The first-order valence-corrected chi connectivity index (χ1v) is 10.1. The number of carbonyl (C=O) groups excluding carboxylic acids is 1. The molecule has 0 radical (unpaired) electrons. The third-order valence-corrected chi connectivity index (χ3v) is 6.64. The van der Waals surface area contributed by atoms with Crippen molar-refractivity contribution in [2.45, 2.75) is 45.1 Å². The topological polar surface area (TPSA) is 71.9 Å². The lowest BCUT2D eigenvalue weighted by Crippen LogP contribution is -2.45. The number of β-amino-alcohol motifs (C(OH)–C–C–N with tert-alkyl or cyclic N) is 1. The largest absolute Gasteiger partial charge is 0.454 e. The third-order valence-electron chi connectivity index (χ3n) is 5.20. The average molecular weight is 388 g/mol. The van der Waals surface area contributed by atoms with Crippen LogP contribution < -0.4 is 9.47 Å². The highest BCUT2D eigenvalue weighted by atomic mass is 32.1. The molecular formula is C20H24N2O4S. The summed E-state index contributed by atoms with van der Waals surface area (Å²) in [5.74, 6) is 1.72. The average Bonchev–Trinajstić information content (AvgIpc) is 3.26. The van der Waals surface area contributed by atoms with Gasteiger partial charge in [0.1, 0.15) is 4.88 Å². The van der Waals surface area contributed by atoms with E-state index in [9.17, 15) is 9.90 Å². The second-order valence-corrected chi connectivity index (χ2v) is 8.48. The SMILES string of the molecule is Cc1nc(C(C)C)sc1C(=O)N1CC[C@@H](c2ccc3c(c2)OCO3)[C@H](O)C1. The van der Waals surface area contributed by atoms with Crippen LogP contribution in [0.4, 0.5) is 0 Å². The highest BCUT2D eigenvalue weighted by molar-refractivity contribution is 7.13. The Kier molecular flexibility index (Phi) is 4.82. The van der Waals surface area contributed by atoms with Gasteiger partial charge in [-0.25, -0.2) is 4.98 Å². The van der Waals surface area contributed by atoms with E-state index in [0.717, 1.165) is 27.8 Å². The summed E-state index contributed by atoms with van der Waals surface area (Å²) in [6, 6.07) is 5.80. The highest BCUT2D eigenvalue weighted by Gasteiger charge is 2.33. The molecule has 0 spiro atoms. The smallest absolute Gasteiger partial charge is 0.265 e. The molecule has 1 N–H and O–H groups in total. The lowest BCUT2D eigenvalue weighted by Gasteiger charge is -2.36. The Balaban J connectivity index is 1.48. The predicted molar refractivity (Wildman–Crippen MR) is 103 cm³/mol. The van der Waals surface area contributed by atoms with E-state index in [1.54, 1.807) is 4.90 Å². The van der Waals surface area contributed by atoms with Gasteiger partial charge < -0.3 is 19.5 Å². The second-order valence-electron chi connectivity index (χ2n) is 7.45. The van der Waals surface area contributed by atoms with E-state index in [0.29, 0.717) is 30.3 Å². The fraction of sp³-hybridized carbons (Fsp3) is 0.500. The first-order valence-electron chi connectivity index (χ1n) is 9.28. The normalized spacial score (nSPS) is 21.7. The zero-order valence-electron chi connectivity index (χ0n) is 15.8. The highest BCUT2D eigenvalue weighted by Crippen LogP contribution is 2.38. The molecule has 3 heterocycles. The van der Waals surface area contributed by atoms with E-state index in [-0.39, 0.29) is 18.6 Å². The van der Waals surface area contributed by atoms with Gasteiger partial charge in [-0.1, -0.05) is 19.9 Å². The van der Waals surface area contributed by atoms with E-state index >= 15 is 0 Å². The van der Waals surface area contributed by atoms with Crippen LogP contribution in [-0.4, -0.2) is 46.9 Å². The molecule has 1 fully saturated rings. The summed E-state index contributed by atoms with van der Waals surface area (Å²) in [6.07, 6.45) is 0.0995. The van der Waals surface area contributed by atoms with Crippen molar-refractivity contribution in [1.82, 2.24) is 9.88 Å². The first-order chi connectivity index (χ1) is 12.9. The van der Waals surface area contributed by atoms with Crippen LogP contribution >= 0.6 is 11.3 Å². The molecule has 1 amide bonds. The summed E-state index contributed by atoms with van der Waals surface area (Å²) in [5, 5.41) is 11.7. The monoisotopic (exact) mass is 388 g/mol. The number of amides is 1. The van der Waals surface area contributed by atoms with Crippen LogP contribution in [0, 0.1) is 6.92 Å². The molecule has 144 valence electrons. The summed E-state index contributed by atoms with van der Waals surface area (Å²) < 4.78 is 10.8. The first kappa shape index (κ1) is 18.3. The minimum absolute atomic E-state index is 0.0164. The van der Waals surface area contributed by atoms with Gasteiger partial charge in [0.05, 0.1) is 16.8 Å². The Hall–Kier alpha value is -2.12. The summed E-state index contributed by atoms with van der Waals surface area (Å²) in [4.78, 5) is 19.9. The number of aromatic nitrogens is 1. The molecule has 1 aromatic heterocycles. The number of piperidine rings is 1. The summed E-state index contributed by atoms with van der Waals surface area (Å²) in [6.45, 7) is 7.21. The van der Waals surface area contributed by atoms with Crippen LogP contribution in [0.25, 0.3) is 0 Å². The number of carbonyl (C=O) groups is 1. The number of thiazole rings is 1. The molecule has 2 aromatic rings. The van der Waals surface area contributed by atoms with E-state index in [2.05, 4.69) is 18.8 Å². The van der Waals surface area contributed by atoms with Crippen molar-refractivity contribution in [2.75, 3.05) is 19.9 Å². The van der Waals surface area contributed by atoms with Crippen LogP contribution in [0.15, 0.2) is 18.2 Å². The van der Waals surface area contributed by atoms with Gasteiger partial charge >= 0.3 is 0 Å². The van der Waals surface area contributed by atoms with Gasteiger partial charge in [-0.05, 0) is 31.0 Å². The van der Waals surface area contributed by atoms with E-state index in [1.807, 2.05) is 25.1 Å². The maximum absolute atomic E-state index is 12.9. The molecule has 1 aromatic carbocycles. The quantitative estimate of drug-likeness (QED) is 0.874. The van der Waals surface area contributed by atoms with Crippen molar-refractivity contribution in [1.29, 1.82) is 0 Å². The van der Waals surface area contributed by atoms with Gasteiger partial charge in [-0.15, -0.1) is 11.3 Å². The molecule has 2 aliphatic heterocycles. The lowest BCUT2D eigenvalue weighted by atomic mass is 9.87. The number of nitrogens with zero attached hydrogens (tertiary/aromatic N) is 2. The molecule has 7 heteroatoms. The Morgan fingerprint density at radius 3 is 2.81 bits per heavy atom. The molecule has 2 aliphatic rings. The minimum Gasteiger partial charge on any atom is -0.454 e. The summed E-state index contributed by atoms with van der Waals surface area (Å²) in [7, 11) is 0. The number of ether oxygens (including phenoxy) is 2. The number of aliphatic hydroxyl groups is 1. The lowest BCUT2D eigenvalue weighted by molar-refractivity contribution is 0.0384. The molecule has 6 nitrogen and oxygen atoms in total. The van der Waals surface area contributed by atoms with Crippen molar-refractivity contribution in [3.8, 4) is 11.5 Å². The molecule has 0 unspecified atom stereocenters. The van der Waals surface area contributed by atoms with Gasteiger partial charge in [-0.3, -0.25) is 4.79 Å². The van der Waals surface area contributed by atoms with Gasteiger partial charge in [-0.2, -0.15) is 0 Å². The number of likely N-dealkylation sites (tertiary alicyclic amines) is 1. The molecule has 1 saturated heterocycles. The van der Waals surface area contributed by atoms with Gasteiger partial charge in [0.2, 0.25) is 6.79 Å². The zero-order chi connectivity index (χ0) is 19.1. The number of aryl methyl sites for hydroxylation is 1. The van der Waals surface area contributed by atoms with Crippen molar-refractivity contribution in [3.63, 3.8) is 0 Å². The van der Waals surface area contributed by atoms with Crippen LogP contribution in [0.2, 0.25) is 0 Å². The number of fused-ring (bicyclic) bond motifs is 1. The summed E-state index contributed by atoms with van der Waals surface area (Å²) >= 11 is 1.47. The minimum atomic E-state index is -0.610. The molecule has 27 heavy (non-hydrogen) atoms. The van der Waals surface area contributed by atoms with Crippen LogP contribution in [-0.2, 0) is 0 Å². The van der Waals surface area contributed by atoms with E-state index in [4.69, 9.17) is 9.47 Å². The number of hydrogen-bond acceptors (Lipinski definition) is 6. The van der Waals surface area contributed by atoms with Gasteiger partial charge in [0.25, 0.3) is 5.91 Å². The Bertz CT molecular complexity index is 864. The fourth-order valence-electron chi connectivity index (χ4n) is 3.65. The van der Waals surface area contributed by atoms with Gasteiger partial charge in [0.15, 0.2) is 11.5 Å². The maximum atomic E-state index is 12.9. The fourth-order valence-corrected chi connectivity index (χ4v) is 4.69. The van der Waals surface area contributed by atoms with Crippen molar-refractivity contribution >= 4 is 17.2 Å². The van der Waals surface area contributed by atoms with Crippen molar-refractivity contribution < 1.29 is 19.4 Å². The maximum Gasteiger partial charge on any atom is 0.265 e. The molecular weight excluding hydrogens is 364 g/mol. The second kappa shape index (κ2) is 7.13.